The first-order valence-corrected chi connectivity index (χ1v) is 5.39. The van der Waals surface area contributed by atoms with Crippen molar-refractivity contribution in [2.75, 3.05) is 0 Å². The molecule has 0 bridgehead atoms. The molecule has 7 heteroatoms. The van der Waals surface area contributed by atoms with Crippen molar-refractivity contribution in [1.82, 2.24) is 15.0 Å². The summed E-state index contributed by atoms with van der Waals surface area (Å²) < 4.78 is 15.3. The number of aryl methyl sites for hydroxylation is 1. The molecule has 0 aliphatic rings. The molecule has 0 amide bonds. The molecule has 1 aromatic carbocycles. The highest BCUT2D eigenvalue weighted by atomic mass is 79.9. The third-order valence-electron chi connectivity index (χ3n) is 2.27. The van der Waals surface area contributed by atoms with Gasteiger partial charge < -0.3 is 5.11 Å². The van der Waals surface area contributed by atoms with E-state index in [2.05, 4.69) is 26.2 Å². The summed E-state index contributed by atoms with van der Waals surface area (Å²) in [6.07, 6.45) is 0. The van der Waals surface area contributed by atoms with Crippen LogP contribution < -0.4 is 0 Å². The molecule has 5 nitrogen and oxygen atoms in total. The molecule has 88 valence electrons. The van der Waals surface area contributed by atoms with Crippen LogP contribution in [0.1, 0.15) is 10.4 Å². The summed E-state index contributed by atoms with van der Waals surface area (Å²) in [6.45, 7) is 0. The Morgan fingerprint density at radius 3 is 2.76 bits per heavy atom. The Hall–Kier alpha value is -1.76. The van der Waals surface area contributed by atoms with E-state index >= 15 is 0 Å². The summed E-state index contributed by atoms with van der Waals surface area (Å²) in [5.41, 5.74) is 0.261. The summed E-state index contributed by atoms with van der Waals surface area (Å²) in [6, 6.07) is 4.05. The van der Waals surface area contributed by atoms with E-state index in [0.29, 0.717) is 10.3 Å². The quantitative estimate of drug-likeness (QED) is 0.922. The highest BCUT2D eigenvalue weighted by molar-refractivity contribution is 9.10. The summed E-state index contributed by atoms with van der Waals surface area (Å²) in [7, 11) is 1.60. The van der Waals surface area contributed by atoms with Crippen LogP contribution in [0.5, 0.6) is 0 Å². The summed E-state index contributed by atoms with van der Waals surface area (Å²) >= 11 is 3.15. The van der Waals surface area contributed by atoms with Crippen LogP contribution >= 0.6 is 15.9 Å². The monoisotopic (exact) mass is 299 g/mol. The fourth-order valence-corrected chi connectivity index (χ4v) is 2.10. The Bertz CT molecular complexity index is 578. The third-order valence-corrected chi connectivity index (χ3v) is 2.80. The number of carboxylic acid groups (broad SMARTS) is 1. The molecule has 0 saturated heterocycles. The molecule has 0 aliphatic carbocycles. The first-order chi connectivity index (χ1) is 8.02. The van der Waals surface area contributed by atoms with Crippen LogP contribution in [0.4, 0.5) is 4.39 Å². The van der Waals surface area contributed by atoms with E-state index < -0.39 is 17.3 Å². The van der Waals surface area contributed by atoms with Gasteiger partial charge in [0, 0.05) is 12.6 Å². The average Bonchev–Trinajstić information content (AvgIpc) is 2.57. The number of hydrogen-bond acceptors (Lipinski definition) is 3. The van der Waals surface area contributed by atoms with E-state index in [9.17, 15) is 9.18 Å². The smallest absolute Gasteiger partial charge is 0.339 e. The predicted molar refractivity (Wildman–Crippen MR) is 61.1 cm³/mol. The van der Waals surface area contributed by atoms with Crippen LogP contribution in [-0.4, -0.2) is 26.1 Å². The number of halogens is 2. The maximum atomic E-state index is 13.5. The Labute approximate surface area is 104 Å². The number of hydrogen-bond donors (Lipinski definition) is 1. The van der Waals surface area contributed by atoms with E-state index in [1.807, 2.05) is 0 Å². The van der Waals surface area contributed by atoms with Gasteiger partial charge in [-0.3, -0.25) is 0 Å². The van der Waals surface area contributed by atoms with Crippen molar-refractivity contribution < 1.29 is 14.3 Å². The molecule has 1 aromatic heterocycles. The van der Waals surface area contributed by atoms with Gasteiger partial charge in [-0.2, -0.15) is 0 Å². The number of nitrogens with zero attached hydrogens (tertiary/aromatic N) is 3. The second-order valence-corrected chi connectivity index (χ2v) is 4.07. The van der Waals surface area contributed by atoms with E-state index in [0.717, 1.165) is 6.07 Å². The lowest BCUT2D eigenvalue weighted by Crippen LogP contribution is -2.05. The van der Waals surface area contributed by atoms with Crippen molar-refractivity contribution in [2.45, 2.75) is 0 Å². The van der Waals surface area contributed by atoms with Crippen molar-refractivity contribution in [1.29, 1.82) is 0 Å². The zero-order valence-corrected chi connectivity index (χ0v) is 10.3. The van der Waals surface area contributed by atoms with Gasteiger partial charge in [0.05, 0.1) is 0 Å². The number of benzene rings is 1. The van der Waals surface area contributed by atoms with Crippen molar-refractivity contribution in [3.05, 3.63) is 34.2 Å². The Morgan fingerprint density at radius 2 is 2.24 bits per heavy atom. The standard InChI is InChI=1S/C10H7BrFN3O2/c1-15-8(9(11)13-14-15)5-3-2-4-6(12)7(5)10(16)17/h2-4H,1H3,(H,16,17). The third kappa shape index (κ3) is 1.93. The molecule has 1 N–H and O–H groups in total. The van der Waals surface area contributed by atoms with Gasteiger partial charge in [-0.1, -0.05) is 17.3 Å². The number of aromatic nitrogens is 3. The van der Waals surface area contributed by atoms with Crippen LogP contribution in [0.25, 0.3) is 11.3 Å². The van der Waals surface area contributed by atoms with Gasteiger partial charge in [0.1, 0.15) is 17.1 Å². The van der Waals surface area contributed by atoms with E-state index in [4.69, 9.17) is 5.11 Å². The zero-order chi connectivity index (χ0) is 12.6. The van der Waals surface area contributed by atoms with Gasteiger partial charge in [0.2, 0.25) is 0 Å². The molecule has 0 aliphatic heterocycles. The summed E-state index contributed by atoms with van der Waals surface area (Å²) in [4.78, 5) is 11.1. The molecular formula is C10H7BrFN3O2. The lowest BCUT2D eigenvalue weighted by Gasteiger charge is -2.07. The normalized spacial score (nSPS) is 10.5. The maximum Gasteiger partial charge on any atom is 0.339 e. The van der Waals surface area contributed by atoms with Gasteiger partial charge in [0.25, 0.3) is 0 Å². The zero-order valence-electron chi connectivity index (χ0n) is 8.69. The predicted octanol–water partition coefficient (Wildman–Crippen LogP) is 2.08. The van der Waals surface area contributed by atoms with Gasteiger partial charge in [-0.05, 0) is 22.0 Å². The topological polar surface area (TPSA) is 68.0 Å². The van der Waals surface area contributed by atoms with Gasteiger partial charge in [-0.25, -0.2) is 13.9 Å². The van der Waals surface area contributed by atoms with E-state index in [-0.39, 0.29) is 5.56 Å². The lowest BCUT2D eigenvalue weighted by atomic mass is 10.0. The molecule has 2 aromatic rings. The lowest BCUT2D eigenvalue weighted by molar-refractivity contribution is 0.0693. The summed E-state index contributed by atoms with van der Waals surface area (Å²) in [5.74, 6) is -2.12. The van der Waals surface area contributed by atoms with Crippen LogP contribution in [0, 0.1) is 5.82 Å². The average molecular weight is 300 g/mol. The Morgan fingerprint density at radius 1 is 1.53 bits per heavy atom. The second-order valence-electron chi connectivity index (χ2n) is 3.32. The minimum Gasteiger partial charge on any atom is -0.478 e. The molecule has 0 fully saturated rings. The van der Waals surface area contributed by atoms with Gasteiger partial charge in [-0.15, -0.1) is 5.10 Å². The van der Waals surface area contributed by atoms with Crippen LogP contribution in [-0.2, 0) is 7.05 Å². The molecule has 0 radical (unpaired) electrons. The Balaban J connectivity index is 2.76. The minimum absolute atomic E-state index is 0.233. The first-order valence-electron chi connectivity index (χ1n) is 4.59. The van der Waals surface area contributed by atoms with Crippen LogP contribution in [0.15, 0.2) is 22.8 Å². The molecular weight excluding hydrogens is 293 g/mol. The fourth-order valence-electron chi connectivity index (χ4n) is 1.56. The summed E-state index contributed by atoms with van der Waals surface area (Å²) in [5, 5.41) is 16.5. The Kier molecular flexibility index (Phi) is 2.93. The van der Waals surface area contributed by atoms with Gasteiger partial charge >= 0.3 is 5.97 Å². The minimum atomic E-state index is -1.33. The number of carbonyl (C=O) groups is 1. The van der Waals surface area contributed by atoms with E-state index in [1.165, 1.54) is 16.8 Å². The van der Waals surface area contributed by atoms with Crippen LogP contribution in [0.3, 0.4) is 0 Å². The number of aromatic carboxylic acids is 1. The highest BCUT2D eigenvalue weighted by Crippen LogP contribution is 2.29. The van der Waals surface area contributed by atoms with Crippen molar-refractivity contribution in [3.63, 3.8) is 0 Å². The molecule has 0 spiro atoms. The molecule has 1 heterocycles. The van der Waals surface area contributed by atoms with Crippen molar-refractivity contribution in [3.8, 4) is 11.3 Å². The van der Waals surface area contributed by atoms with Crippen LogP contribution in [0.2, 0.25) is 0 Å². The SMILES string of the molecule is Cn1nnc(Br)c1-c1cccc(F)c1C(=O)O. The molecule has 0 atom stereocenters. The molecule has 2 rings (SSSR count). The maximum absolute atomic E-state index is 13.5. The van der Waals surface area contributed by atoms with Gasteiger partial charge in [0.15, 0.2) is 4.60 Å². The molecule has 17 heavy (non-hydrogen) atoms. The first kappa shape index (κ1) is 11.7. The largest absolute Gasteiger partial charge is 0.478 e. The number of carboxylic acids is 1. The highest BCUT2D eigenvalue weighted by Gasteiger charge is 2.21. The van der Waals surface area contributed by atoms with E-state index in [1.54, 1.807) is 7.05 Å². The molecule has 0 saturated carbocycles. The fraction of sp³-hybridized carbons (Fsp3) is 0.100. The molecule has 0 unspecified atom stereocenters. The number of rotatable bonds is 2. The second kappa shape index (κ2) is 4.25. The van der Waals surface area contributed by atoms with Crippen molar-refractivity contribution in [2.24, 2.45) is 7.05 Å². The van der Waals surface area contributed by atoms with Crippen molar-refractivity contribution >= 4 is 21.9 Å².